The number of imidazole rings is 1. The molecule has 0 spiro atoms. The van der Waals surface area contributed by atoms with Gasteiger partial charge < -0.3 is 17.0 Å². The van der Waals surface area contributed by atoms with Gasteiger partial charge in [-0.25, -0.2) is 9.13 Å². The summed E-state index contributed by atoms with van der Waals surface area (Å²) in [6, 6.07) is 17.6. The minimum absolute atomic E-state index is 0. The molecule has 0 radical (unpaired) electrons. The van der Waals surface area contributed by atoms with Crippen LogP contribution in [0.2, 0.25) is 0 Å². The van der Waals surface area contributed by atoms with Gasteiger partial charge >= 0.3 is 0 Å². The molecular formula is C17H17BrN2O. The van der Waals surface area contributed by atoms with Gasteiger partial charge in [-0.2, -0.15) is 0 Å². The van der Waals surface area contributed by atoms with Gasteiger partial charge in [0.25, 0.3) is 5.82 Å². The average Bonchev–Trinajstić information content (AvgIpc) is 2.74. The first-order valence-electron chi connectivity index (χ1n) is 6.70. The van der Waals surface area contributed by atoms with Crippen molar-refractivity contribution in [3.8, 4) is 0 Å². The summed E-state index contributed by atoms with van der Waals surface area (Å²) in [5.41, 5.74) is 3.00. The average molecular weight is 345 g/mol. The van der Waals surface area contributed by atoms with Gasteiger partial charge in [0.2, 0.25) is 5.78 Å². The van der Waals surface area contributed by atoms with Crippen LogP contribution >= 0.6 is 0 Å². The second kappa shape index (κ2) is 6.22. The van der Waals surface area contributed by atoms with Crippen LogP contribution in [0.15, 0.2) is 54.6 Å². The van der Waals surface area contributed by atoms with Gasteiger partial charge in [0, 0.05) is 12.5 Å². The standard InChI is InChI=1S/C17H17N2O.BrH/c1-13-18(2)15-10-6-7-11-16(15)19(13)12-17(20)14-8-4-3-5-9-14;/h3-11H,12H2,1-2H3;1H/q+1;/p-1. The Morgan fingerprint density at radius 1 is 1.05 bits per heavy atom. The Labute approximate surface area is 134 Å². The predicted octanol–water partition coefficient (Wildman–Crippen LogP) is -0.339. The van der Waals surface area contributed by atoms with Gasteiger partial charge in [-0.3, -0.25) is 4.79 Å². The van der Waals surface area contributed by atoms with Gasteiger partial charge in [-0.1, -0.05) is 42.5 Å². The number of benzene rings is 2. The molecule has 3 rings (SSSR count). The molecule has 1 aromatic heterocycles. The number of carbonyl (C=O) groups is 1. The first kappa shape index (κ1) is 15.4. The van der Waals surface area contributed by atoms with Crippen LogP contribution in [-0.2, 0) is 13.6 Å². The molecule has 0 saturated carbocycles. The highest BCUT2D eigenvalue weighted by Crippen LogP contribution is 2.14. The van der Waals surface area contributed by atoms with Crippen molar-refractivity contribution >= 4 is 16.8 Å². The SMILES string of the molecule is Cc1n(CC(=O)c2ccccc2)c2ccccc2[n+]1C.[Br-]. The molecule has 3 nitrogen and oxygen atoms in total. The molecule has 0 amide bonds. The van der Waals surface area contributed by atoms with Crippen LogP contribution in [0, 0.1) is 6.92 Å². The predicted molar refractivity (Wildman–Crippen MR) is 78.6 cm³/mol. The van der Waals surface area contributed by atoms with Crippen molar-refractivity contribution in [3.05, 3.63) is 66.0 Å². The molecule has 2 aromatic carbocycles. The van der Waals surface area contributed by atoms with E-state index < -0.39 is 0 Å². The maximum absolute atomic E-state index is 12.4. The smallest absolute Gasteiger partial charge is 0.254 e. The zero-order valence-electron chi connectivity index (χ0n) is 12.1. The maximum Gasteiger partial charge on any atom is 0.254 e. The van der Waals surface area contributed by atoms with E-state index in [1.165, 1.54) is 0 Å². The molecular weight excluding hydrogens is 328 g/mol. The van der Waals surface area contributed by atoms with Crippen molar-refractivity contribution < 1.29 is 26.3 Å². The molecule has 0 fully saturated rings. The van der Waals surface area contributed by atoms with E-state index in [1.54, 1.807) is 0 Å². The molecule has 0 unspecified atom stereocenters. The number of aromatic nitrogens is 2. The monoisotopic (exact) mass is 344 g/mol. The van der Waals surface area contributed by atoms with Gasteiger partial charge in [-0.05, 0) is 12.1 Å². The van der Waals surface area contributed by atoms with Crippen LogP contribution < -0.4 is 21.5 Å². The van der Waals surface area contributed by atoms with E-state index in [-0.39, 0.29) is 22.8 Å². The fraction of sp³-hybridized carbons (Fsp3) is 0.176. The van der Waals surface area contributed by atoms with Crippen LogP contribution in [0.25, 0.3) is 11.0 Å². The fourth-order valence-electron chi connectivity index (χ4n) is 2.56. The molecule has 0 bridgehead atoms. The third-order valence-corrected chi connectivity index (χ3v) is 3.81. The minimum Gasteiger partial charge on any atom is -1.00 e. The normalized spacial score (nSPS) is 10.4. The van der Waals surface area contributed by atoms with Crippen molar-refractivity contribution in [1.82, 2.24) is 4.57 Å². The summed E-state index contributed by atoms with van der Waals surface area (Å²) in [5.74, 6) is 1.21. The highest BCUT2D eigenvalue weighted by atomic mass is 79.9. The van der Waals surface area contributed by atoms with Crippen molar-refractivity contribution in [3.63, 3.8) is 0 Å². The summed E-state index contributed by atoms with van der Waals surface area (Å²) in [7, 11) is 2.03. The summed E-state index contributed by atoms with van der Waals surface area (Å²) < 4.78 is 4.19. The maximum atomic E-state index is 12.4. The Kier molecular flexibility index (Phi) is 4.58. The molecule has 0 saturated heterocycles. The number of rotatable bonds is 3. The number of carbonyl (C=O) groups excluding carboxylic acids is 1. The number of hydrogen-bond acceptors (Lipinski definition) is 1. The Bertz CT molecular complexity index is 778. The number of hydrogen-bond donors (Lipinski definition) is 0. The number of ketones is 1. The molecule has 108 valence electrons. The minimum atomic E-state index is 0. The van der Waals surface area contributed by atoms with E-state index in [4.69, 9.17) is 0 Å². The second-order valence-electron chi connectivity index (χ2n) is 4.97. The topological polar surface area (TPSA) is 25.9 Å². The van der Waals surface area contributed by atoms with Gasteiger partial charge in [0.05, 0.1) is 7.05 Å². The second-order valence-corrected chi connectivity index (χ2v) is 4.97. The summed E-state index contributed by atoms with van der Waals surface area (Å²) in [6.45, 7) is 2.41. The van der Waals surface area contributed by atoms with Crippen LogP contribution in [0.1, 0.15) is 16.2 Å². The van der Waals surface area contributed by atoms with E-state index >= 15 is 0 Å². The van der Waals surface area contributed by atoms with Crippen molar-refractivity contribution in [1.29, 1.82) is 0 Å². The van der Waals surface area contributed by atoms with E-state index in [9.17, 15) is 4.79 Å². The molecule has 0 aliphatic carbocycles. The Balaban J connectivity index is 0.00000161. The summed E-state index contributed by atoms with van der Waals surface area (Å²) in [4.78, 5) is 12.4. The number of nitrogens with zero attached hydrogens (tertiary/aromatic N) is 2. The molecule has 0 aliphatic rings. The van der Waals surface area contributed by atoms with Crippen molar-refractivity contribution in [2.75, 3.05) is 0 Å². The quantitative estimate of drug-likeness (QED) is 0.471. The van der Waals surface area contributed by atoms with Gasteiger partial charge in [0.1, 0.15) is 0 Å². The Morgan fingerprint density at radius 2 is 1.67 bits per heavy atom. The van der Waals surface area contributed by atoms with Crippen LogP contribution in [0.3, 0.4) is 0 Å². The Morgan fingerprint density at radius 3 is 2.38 bits per heavy atom. The molecule has 0 aliphatic heterocycles. The summed E-state index contributed by atoms with van der Waals surface area (Å²) in [5, 5.41) is 0. The number of Topliss-reactive ketones (excluding diaryl/α,β-unsaturated/α-hetero) is 1. The molecule has 0 atom stereocenters. The first-order chi connectivity index (χ1) is 9.68. The molecule has 3 aromatic rings. The van der Waals surface area contributed by atoms with Crippen LogP contribution in [0.4, 0.5) is 0 Å². The van der Waals surface area contributed by atoms with Gasteiger partial charge in [-0.15, -0.1) is 0 Å². The third-order valence-electron chi connectivity index (χ3n) is 3.81. The third kappa shape index (κ3) is 2.76. The highest BCUT2D eigenvalue weighted by Gasteiger charge is 2.21. The summed E-state index contributed by atoms with van der Waals surface area (Å²) >= 11 is 0. The zero-order chi connectivity index (χ0) is 14.1. The molecule has 4 heteroatoms. The van der Waals surface area contributed by atoms with Crippen molar-refractivity contribution in [2.45, 2.75) is 13.5 Å². The number of fused-ring (bicyclic) bond motifs is 1. The van der Waals surface area contributed by atoms with Crippen molar-refractivity contribution in [2.24, 2.45) is 7.05 Å². The van der Waals surface area contributed by atoms with Gasteiger partial charge in [0.15, 0.2) is 17.6 Å². The fourth-order valence-corrected chi connectivity index (χ4v) is 2.56. The molecule has 0 N–H and O–H groups in total. The number of halogens is 1. The zero-order valence-corrected chi connectivity index (χ0v) is 13.7. The lowest BCUT2D eigenvalue weighted by atomic mass is 10.1. The molecule has 1 heterocycles. The molecule has 21 heavy (non-hydrogen) atoms. The van der Waals surface area contributed by atoms with Crippen LogP contribution in [-0.4, -0.2) is 10.4 Å². The van der Waals surface area contributed by atoms with E-state index in [1.807, 2.05) is 56.4 Å². The van der Waals surface area contributed by atoms with Crippen LogP contribution in [0.5, 0.6) is 0 Å². The van der Waals surface area contributed by atoms with E-state index in [0.717, 1.165) is 22.4 Å². The highest BCUT2D eigenvalue weighted by molar-refractivity contribution is 5.96. The number of aryl methyl sites for hydroxylation is 1. The lowest BCUT2D eigenvalue weighted by molar-refractivity contribution is -0.652. The summed E-state index contributed by atoms with van der Waals surface area (Å²) in [6.07, 6.45) is 0. The lowest BCUT2D eigenvalue weighted by Crippen LogP contribution is -3.00. The van der Waals surface area contributed by atoms with E-state index in [2.05, 4.69) is 21.3 Å². The lowest BCUT2D eigenvalue weighted by Gasteiger charge is -2.00. The first-order valence-corrected chi connectivity index (χ1v) is 6.70. The van der Waals surface area contributed by atoms with E-state index in [0.29, 0.717) is 6.54 Å². The largest absolute Gasteiger partial charge is 1.00 e. The number of para-hydroxylation sites is 2. The Hall–Kier alpha value is -1.94.